The molecule has 6 rings (SSSR count). The summed E-state index contributed by atoms with van der Waals surface area (Å²) in [5.74, 6) is -0.705. The average molecular weight is 805 g/mol. The molecule has 4 N–H and O–H groups in total. The second-order valence-corrected chi connectivity index (χ2v) is 14.3. The van der Waals surface area contributed by atoms with Gasteiger partial charge < -0.3 is 40.5 Å². The summed E-state index contributed by atoms with van der Waals surface area (Å²) < 4.78 is 9.38. The third kappa shape index (κ3) is 11.9. The molecule has 0 bridgehead atoms. The Morgan fingerprint density at radius 1 is 0.610 bits per heavy atom. The van der Waals surface area contributed by atoms with Crippen molar-refractivity contribution in [2.75, 3.05) is 37.9 Å². The highest BCUT2D eigenvalue weighted by Crippen LogP contribution is 2.27. The molecule has 4 aromatic rings. The molecule has 4 aromatic carbocycles. The van der Waals surface area contributed by atoms with E-state index in [9.17, 15) is 28.8 Å². The van der Waals surface area contributed by atoms with Gasteiger partial charge in [-0.3, -0.25) is 19.2 Å². The maximum Gasteiger partial charge on any atom is 0.407 e. The van der Waals surface area contributed by atoms with Crippen LogP contribution in [0.3, 0.4) is 0 Å². The molecule has 14 heteroatoms. The molecular formula is C45H52N6O8. The summed E-state index contributed by atoms with van der Waals surface area (Å²) in [5.41, 5.74) is 4.62. The van der Waals surface area contributed by atoms with Crippen molar-refractivity contribution in [3.8, 4) is 11.1 Å². The fraction of sp³-hybridized carbons (Fsp3) is 0.333. The monoisotopic (exact) mass is 804 g/mol. The van der Waals surface area contributed by atoms with Gasteiger partial charge in [0.05, 0.1) is 14.2 Å². The molecule has 0 spiro atoms. The maximum absolute atomic E-state index is 13.6. The molecule has 2 heterocycles. The lowest BCUT2D eigenvalue weighted by molar-refractivity contribution is -0.142. The van der Waals surface area contributed by atoms with E-state index in [-0.39, 0.29) is 23.8 Å². The van der Waals surface area contributed by atoms with Gasteiger partial charge >= 0.3 is 12.2 Å². The first kappa shape index (κ1) is 43.4. The number of methoxy groups -OCH3 is 2. The summed E-state index contributed by atoms with van der Waals surface area (Å²) in [4.78, 5) is 77.3. The molecule has 14 nitrogen and oxygen atoms in total. The molecule has 2 aliphatic heterocycles. The molecule has 0 radical (unpaired) electrons. The first-order valence-corrected chi connectivity index (χ1v) is 19.7. The molecule has 310 valence electrons. The van der Waals surface area contributed by atoms with Crippen molar-refractivity contribution in [2.45, 2.75) is 69.6 Å². The summed E-state index contributed by atoms with van der Waals surface area (Å²) >= 11 is 0. The predicted octanol–water partition coefficient (Wildman–Crippen LogP) is 6.82. The Morgan fingerprint density at radius 3 is 1.54 bits per heavy atom. The van der Waals surface area contributed by atoms with Gasteiger partial charge in [0, 0.05) is 30.5 Å². The molecule has 0 saturated carbocycles. The van der Waals surface area contributed by atoms with E-state index in [1.807, 2.05) is 89.8 Å². The first-order valence-electron chi connectivity index (χ1n) is 19.7. The van der Waals surface area contributed by atoms with Crippen LogP contribution in [0.25, 0.3) is 11.1 Å². The van der Waals surface area contributed by atoms with Gasteiger partial charge in [0.2, 0.25) is 18.2 Å². The van der Waals surface area contributed by atoms with Gasteiger partial charge in [-0.1, -0.05) is 84.9 Å². The number of carbonyl (C=O) groups excluding carboxylic acids is 6. The van der Waals surface area contributed by atoms with Crippen molar-refractivity contribution in [1.29, 1.82) is 0 Å². The van der Waals surface area contributed by atoms with Crippen LogP contribution in [0.2, 0.25) is 0 Å². The topological polar surface area (TPSA) is 175 Å². The van der Waals surface area contributed by atoms with Gasteiger partial charge in [-0.25, -0.2) is 9.59 Å². The van der Waals surface area contributed by atoms with Crippen LogP contribution in [-0.2, 0) is 28.7 Å². The lowest BCUT2D eigenvalue weighted by Gasteiger charge is -2.37. The van der Waals surface area contributed by atoms with Gasteiger partial charge in [0.1, 0.15) is 18.1 Å². The van der Waals surface area contributed by atoms with Gasteiger partial charge in [-0.05, 0) is 92.0 Å². The van der Waals surface area contributed by atoms with Crippen LogP contribution in [0.5, 0.6) is 0 Å². The third-order valence-corrected chi connectivity index (χ3v) is 10.4. The van der Waals surface area contributed by atoms with Crippen LogP contribution in [0.15, 0.2) is 109 Å². The largest absolute Gasteiger partial charge is 0.453 e. The second kappa shape index (κ2) is 21.7. The van der Waals surface area contributed by atoms with Crippen molar-refractivity contribution in [2.24, 2.45) is 0 Å². The van der Waals surface area contributed by atoms with Gasteiger partial charge in [0.15, 0.2) is 0 Å². The van der Waals surface area contributed by atoms with Crippen LogP contribution in [0.1, 0.15) is 68.7 Å². The maximum atomic E-state index is 13.6. The summed E-state index contributed by atoms with van der Waals surface area (Å²) in [6.45, 7) is 3.21. The van der Waals surface area contributed by atoms with E-state index >= 15 is 0 Å². The van der Waals surface area contributed by atoms with Crippen LogP contribution in [0, 0.1) is 0 Å². The SMILES string of the molecule is COC(=O)NC(C(=O)N1CCCCC1C(=O)Nc1ccc(-c2ccc(NC=O)cc2)cc1)c1ccccc1.COC(=O)NC(C(=O)N1CCCCC1C)c1ccccc1. The molecule has 2 saturated heterocycles. The van der Waals surface area contributed by atoms with Crippen LogP contribution >= 0.6 is 0 Å². The number of alkyl carbamates (subject to hydrolysis) is 2. The van der Waals surface area contributed by atoms with Crippen molar-refractivity contribution in [3.05, 3.63) is 120 Å². The van der Waals surface area contributed by atoms with Crippen molar-refractivity contribution in [3.63, 3.8) is 0 Å². The molecule has 4 unspecified atom stereocenters. The minimum atomic E-state index is -0.968. The Bertz CT molecular complexity index is 2010. The van der Waals surface area contributed by atoms with Crippen LogP contribution in [-0.4, -0.2) is 85.5 Å². The lowest BCUT2D eigenvalue weighted by Crippen LogP contribution is -2.53. The number of amides is 6. The van der Waals surface area contributed by atoms with E-state index in [4.69, 9.17) is 4.74 Å². The fourth-order valence-corrected chi connectivity index (χ4v) is 7.24. The number of nitrogens with one attached hydrogen (secondary N) is 4. The first-order chi connectivity index (χ1) is 28.6. The normalized spacial score (nSPS) is 17.1. The Kier molecular flexibility index (Phi) is 16.0. The zero-order valence-corrected chi connectivity index (χ0v) is 33.6. The van der Waals surface area contributed by atoms with E-state index < -0.39 is 30.3 Å². The Hall–Kier alpha value is -6.70. The van der Waals surface area contributed by atoms with Crippen LogP contribution in [0.4, 0.5) is 21.0 Å². The van der Waals surface area contributed by atoms with Crippen molar-refractivity contribution in [1.82, 2.24) is 20.4 Å². The summed E-state index contributed by atoms with van der Waals surface area (Å²) in [6, 6.07) is 30.9. The number of rotatable bonds is 11. The molecule has 0 aliphatic carbocycles. The number of nitrogens with zero attached hydrogens (tertiary/aromatic N) is 2. The number of carbonyl (C=O) groups is 6. The Labute approximate surface area is 344 Å². The standard InChI is InChI=1S/C29H30N4O5.C16H22N2O3/c1-38-29(37)32-26(22-7-3-2-4-8-22)28(36)33-18-6-5-9-25(33)27(35)31-24-16-12-21(13-17-24)20-10-14-23(15-11-20)30-19-34;1-12-8-6-7-11-18(12)15(19)14(17-16(20)21-2)13-9-4-3-5-10-13/h2-4,7-8,10-17,19,25-26H,5-6,9,18H2,1H3,(H,30,34)(H,31,35)(H,32,37);3-5,9-10,12,14H,6-8,11H2,1-2H3,(H,17,20). The molecule has 2 aliphatic rings. The molecule has 0 aromatic heterocycles. The summed E-state index contributed by atoms with van der Waals surface area (Å²) in [5, 5.41) is 10.8. The molecule has 59 heavy (non-hydrogen) atoms. The minimum absolute atomic E-state index is 0.0706. The summed E-state index contributed by atoms with van der Waals surface area (Å²) in [7, 11) is 2.54. The number of hydrogen-bond acceptors (Lipinski definition) is 8. The highest BCUT2D eigenvalue weighted by molar-refractivity contribution is 5.99. The second-order valence-electron chi connectivity index (χ2n) is 14.3. The van der Waals surface area contributed by atoms with E-state index in [1.54, 1.807) is 29.2 Å². The molecule has 2 fully saturated rings. The quantitative estimate of drug-likeness (QED) is 0.119. The van der Waals surface area contributed by atoms with Gasteiger partial charge in [-0.2, -0.15) is 0 Å². The number of likely N-dealkylation sites (tertiary alicyclic amines) is 2. The minimum Gasteiger partial charge on any atom is -0.453 e. The molecule has 4 atom stereocenters. The lowest BCUT2D eigenvalue weighted by atomic mass is 9.98. The van der Waals surface area contributed by atoms with E-state index in [2.05, 4.69) is 32.9 Å². The molecule has 6 amide bonds. The van der Waals surface area contributed by atoms with Crippen molar-refractivity contribution < 1.29 is 38.2 Å². The number of hydrogen-bond donors (Lipinski definition) is 4. The highest BCUT2D eigenvalue weighted by Gasteiger charge is 2.37. The number of piperidine rings is 2. The number of anilines is 2. The fourth-order valence-electron chi connectivity index (χ4n) is 7.24. The zero-order chi connectivity index (χ0) is 42.1. The van der Waals surface area contributed by atoms with E-state index in [0.29, 0.717) is 36.3 Å². The number of benzene rings is 4. The number of ether oxygens (including phenoxy) is 2. The zero-order valence-electron chi connectivity index (χ0n) is 33.6. The van der Waals surface area contributed by atoms with E-state index in [0.717, 1.165) is 55.3 Å². The highest BCUT2D eigenvalue weighted by atomic mass is 16.5. The van der Waals surface area contributed by atoms with E-state index in [1.165, 1.54) is 14.2 Å². The van der Waals surface area contributed by atoms with Crippen molar-refractivity contribution >= 4 is 47.7 Å². The van der Waals surface area contributed by atoms with Gasteiger partial charge in [0.25, 0.3) is 5.91 Å². The Morgan fingerprint density at radius 2 is 1.07 bits per heavy atom. The smallest absolute Gasteiger partial charge is 0.407 e. The summed E-state index contributed by atoms with van der Waals surface area (Å²) in [6.07, 6.45) is 4.58. The molecular weight excluding hydrogens is 753 g/mol. The van der Waals surface area contributed by atoms with Crippen LogP contribution < -0.4 is 21.3 Å². The third-order valence-electron chi connectivity index (χ3n) is 10.4. The van der Waals surface area contributed by atoms with Gasteiger partial charge in [-0.15, -0.1) is 0 Å². The predicted molar refractivity (Wildman–Crippen MR) is 224 cm³/mol. The Balaban J connectivity index is 0.000000266. The average Bonchev–Trinajstić information content (AvgIpc) is 3.28.